The zero-order valence-corrected chi connectivity index (χ0v) is 14.4. The molecule has 2 aromatic rings. The highest BCUT2D eigenvalue weighted by Crippen LogP contribution is 2.25. The molecular formula is C15H21IN4. The summed E-state index contributed by atoms with van der Waals surface area (Å²) in [6.07, 6.45) is 3.98. The van der Waals surface area contributed by atoms with Crippen molar-refractivity contribution in [2.45, 2.75) is 32.7 Å². The van der Waals surface area contributed by atoms with E-state index in [2.05, 4.69) is 70.3 Å². The molecule has 0 saturated carbocycles. The number of benzene rings is 1. The van der Waals surface area contributed by atoms with Crippen molar-refractivity contribution in [2.24, 2.45) is 7.05 Å². The van der Waals surface area contributed by atoms with E-state index in [9.17, 15) is 0 Å². The fourth-order valence-electron chi connectivity index (χ4n) is 2.25. The Kier molecular flexibility index (Phi) is 5.54. The van der Waals surface area contributed by atoms with Gasteiger partial charge in [-0.1, -0.05) is 30.3 Å². The van der Waals surface area contributed by atoms with Crippen LogP contribution in [0.2, 0.25) is 0 Å². The van der Waals surface area contributed by atoms with E-state index in [1.165, 1.54) is 14.7 Å². The van der Waals surface area contributed by atoms with E-state index in [1.54, 1.807) is 4.68 Å². The molecule has 0 bridgehead atoms. The summed E-state index contributed by atoms with van der Waals surface area (Å²) >= 11 is 2.44. The van der Waals surface area contributed by atoms with Crippen LogP contribution in [0.15, 0.2) is 24.4 Å². The largest absolute Gasteiger partial charge is 0.310 e. The van der Waals surface area contributed by atoms with Gasteiger partial charge in [0.15, 0.2) is 0 Å². The van der Waals surface area contributed by atoms with Gasteiger partial charge in [0.05, 0.1) is 5.69 Å². The van der Waals surface area contributed by atoms with Gasteiger partial charge in [0.1, 0.15) is 0 Å². The molecule has 5 heteroatoms. The van der Waals surface area contributed by atoms with Gasteiger partial charge in [0.2, 0.25) is 0 Å². The molecule has 1 atom stereocenters. The third kappa shape index (κ3) is 3.79. The number of halogens is 1. The van der Waals surface area contributed by atoms with E-state index in [0.29, 0.717) is 6.04 Å². The van der Waals surface area contributed by atoms with Gasteiger partial charge in [0, 0.05) is 29.3 Å². The first-order valence-electron chi connectivity index (χ1n) is 6.95. The molecule has 0 radical (unpaired) electrons. The SMILES string of the molecule is CCCNC(Cc1cn(C)nn1)c1cccc(C)c1I. The number of aryl methyl sites for hydroxylation is 2. The smallest absolute Gasteiger partial charge is 0.0845 e. The lowest BCUT2D eigenvalue weighted by Crippen LogP contribution is -2.25. The predicted octanol–water partition coefficient (Wildman–Crippen LogP) is 3.01. The van der Waals surface area contributed by atoms with E-state index >= 15 is 0 Å². The maximum atomic E-state index is 4.21. The van der Waals surface area contributed by atoms with E-state index in [-0.39, 0.29) is 0 Å². The Hall–Kier alpha value is -0.950. The molecule has 0 aliphatic rings. The van der Waals surface area contributed by atoms with Crippen molar-refractivity contribution >= 4 is 22.6 Å². The monoisotopic (exact) mass is 384 g/mol. The van der Waals surface area contributed by atoms with Crippen LogP contribution in [-0.4, -0.2) is 21.5 Å². The lowest BCUT2D eigenvalue weighted by atomic mass is 10.0. The number of nitrogens with zero attached hydrogens (tertiary/aromatic N) is 3. The van der Waals surface area contributed by atoms with Gasteiger partial charge in [-0.15, -0.1) is 5.10 Å². The van der Waals surface area contributed by atoms with Crippen LogP contribution in [0.4, 0.5) is 0 Å². The average Bonchev–Trinajstić information content (AvgIpc) is 2.83. The van der Waals surface area contributed by atoms with Crippen LogP contribution in [0.3, 0.4) is 0 Å². The number of nitrogens with one attached hydrogen (secondary N) is 1. The summed E-state index contributed by atoms with van der Waals surface area (Å²) in [6.45, 7) is 5.35. The number of hydrogen-bond acceptors (Lipinski definition) is 3. The molecule has 0 aliphatic carbocycles. The second-order valence-corrected chi connectivity index (χ2v) is 6.15. The predicted molar refractivity (Wildman–Crippen MR) is 89.6 cm³/mol. The van der Waals surface area contributed by atoms with Crippen LogP contribution in [-0.2, 0) is 13.5 Å². The first kappa shape index (κ1) is 15.4. The highest BCUT2D eigenvalue weighted by atomic mass is 127. The Morgan fingerprint density at radius 3 is 2.85 bits per heavy atom. The molecule has 108 valence electrons. The standard InChI is InChI=1S/C15H21IN4/c1-4-8-17-14(9-12-10-20(3)19-18-12)13-7-5-6-11(2)15(13)16/h5-7,10,14,17H,4,8-9H2,1-3H3. The Labute approximate surface area is 134 Å². The van der Waals surface area contributed by atoms with E-state index in [4.69, 9.17) is 0 Å². The first-order chi connectivity index (χ1) is 9.61. The minimum Gasteiger partial charge on any atom is -0.310 e. The molecule has 1 unspecified atom stereocenters. The van der Waals surface area contributed by atoms with Crippen LogP contribution in [0, 0.1) is 10.5 Å². The van der Waals surface area contributed by atoms with Crippen LogP contribution in [0.25, 0.3) is 0 Å². The summed E-state index contributed by atoms with van der Waals surface area (Å²) in [4.78, 5) is 0. The Bertz CT molecular complexity index is 565. The molecule has 20 heavy (non-hydrogen) atoms. The summed E-state index contributed by atoms with van der Waals surface area (Å²) in [5, 5.41) is 11.9. The van der Waals surface area contributed by atoms with Crippen molar-refractivity contribution < 1.29 is 0 Å². The molecule has 1 aromatic carbocycles. The molecule has 1 heterocycles. The highest BCUT2D eigenvalue weighted by molar-refractivity contribution is 14.1. The third-order valence-corrected chi connectivity index (χ3v) is 4.77. The number of rotatable bonds is 6. The Balaban J connectivity index is 2.24. The van der Waals surface area contributed by atoms with Gasteiger partial charge in [-0.05, 0) is 53.6 Å². The lowest BCUT2D eigenvalue weighted by Gasteiger charge is -2.20. The van der Waals surface area contributed by atoms with Crippen LogP contribution >= 0.6 is 22.6 Å². The molecule has 0 saturated heterocycles. The fourth-order valence-corrected chi connectivity index (χ4v) is 2.98. The van der Waals surface area contributed by atoms with Crippen molar-refractivity contribution in [2.75, 3.05) is 6.54 Å². The summed E-state index contributed by atoms with van der Waals surface area (Å²) in [6, 6.07) is 6.78. The third-order valence-electron chi connectivity index (χ3n) is 3.30. The summed E-state index contributed by atoms with van der Waals surface area (Å²) < 4.78 is 3.09. The molecule has 0 fully saturated rings. The van der Waals surface area contributed by atoms with E-state index in [0.717, 1.165) is 25.1 Å². The lowest BCUT2D eigenvalue weighted by molar-refractivity contribution is 0.522. The van der Waals surface area contributed by atoms with Crippen molar-refractivity contribution in [3.05, 3.63) is 44.8 Å². The van der Waals surface area contributed by atoms with Gasteiger partial charge >= 0.3 is 0 Å². The molecule has 1 N–H and O–H groups in total. The normalized spacial score (nSPS) is 12.6. The zero-order chi connectivity index (χ0) is 14.5. The molecule has 0 aliphatic heterocycles. The highest BCUT2D eigenvalue weighted by Gasteiger charge is 2.16. The summed E-state index contributed by atoms with van der Waals surface area (Å²) in [5.74, 6) is 0. The maximum absolute atomic E-state index is 4.21. The first-order valence-corrected chi connectivity index (χ1v) is 8.03. The quantitative estimate of drug-likeness (QED) is 0.779. The van der Waals surface area contributed by atoms with Crippen molar-refractivity contribution in [3.63, 3.8) is 0 Å². The number of hydrogen-bond donors (Lipinski definition) is 1. The van der Waals surface area contributed by atoms with Crippen molar-refractivity contribution in [1.29, 1.82) is 0 Å². The van der Waals surface area contributed by atoms with Gasteiger partial charge in [-0.25, -0.2) is 0 Å². The average molecular weight is 384 g/mol. The van der Waals surface area contributed by atoms with Crippen molar-refractivity contribution in [1.82, 2.24) is 20.3 Å². The van der Waals surface area contributed by atoms with Crippen LogP contribution in [0.1, 0.15) is 36.2 Å². The maximum Gasteiger partial charge on any atom is 0.0845 e. The minimum atomic E-state index is 0.290. The molecule has 4 nitrogen and oxygen atoms in total. The molecule has 2 rings (SSSR count). The summed E-state index contributed by atoms with van der Waals surface area (Å²) in [7, 11) is 1.90. The van der Waals surface area contributed by atoms with Gasteiger partial charge in [0.25, 0.3) is 0 Å². The van der Waals surface area contributed by atoms with Crippen LogP contribution < -0.4 is 5.32 Å². The molecule has 0 amide bonds. The molecular weight excluding hydrogens is 363 g/mol. The molecule has 1 aromatic heterocycles. The minimum absolute atomic E-state index is 0.290. The number of aromatic nitrogens is 3. The Morgan fingerprint density at radius 1 is 1.40 bits per heavy atom. The topological polar surface area (TPSA) is 42.7 Å². The van der Waals surface area contributed by atoms with E-state index < -0.39 is 0 Å². The Morgan fingerprint density at radius 2 is 2.20 bits per heavy atom. The van der Waals surface area contributed by atoms with Gasteiger partial charge < -0.3 is 5.32 Å². The van der Waals surface area contributed by atoms with Gasteiger partial charge in [-0.3, -0.25) is 4.68 Å². The van der Waals surface area contributed by atoms with Crippen LogP contribution in [0.5, 0.6) is 0 Å². The molecule has 0 spiro atoms. The van der Waals surface area contributed by atoms with Gasteiger partial charge in [-0.2, -0.15) is 0 Å². The summed E-state index contributed by atoms with van der Waals surface area (Å²) in [5.41, 5.74) is 3.70. The second-order valence-electron chi connectivity index (χ2n) is 5.07. The fraction of sp³-hybridized carbons (Fsp3) is 0.467. The van der Waals surface area contributed by atoms with Crippen molar-refractivity contribution in [3.8, 4) is 0 Å². The second kappa shape index (κ2) is 7.17. The van der Waals surface area contributed by atoms with E-state index in [1.807, 2.05) is 13.2 Å². The zero-order valence-electron chi connectivity index (χ0n) is 12.2.